The van der Waals surface area contributed by atoms with Crippen molar-refractivity contribution < 1.29 is 0 Å². The summed E-state index contributed by atoms with van der Waals surface area (Å²) in [6, 6.07) is 5.98. The predicted octanol–water partition coefficient (Wildman–Crippen LogP) is 3.52. The first-order chi connectivity index (χ1) is 7.04. The van der Waals surface area contributed by atoms with Crippen LogP contribution < -0.4 is 0 Å². The molecule has 2 nitrogen and oxygen atoms in total. The molecular formula is C12H14N2S. The summed E-state index contributed by atoms with van der Waals surface area (Å²) in [5.74, 6) is 0. The average molecular weight is 218 g/mol. The van der Waals surface area contributed by atoms with Crippen molar-refractivity contribution in [2.75, 3.05) is 0 Å². The molecule has 0 saturated heterocycles. The molecule has 78 valence electrons. The minimum absolute atomic E-state index is 0.212. The summed E-state index contributed by atoms with van der Waals surface area (Å²) in [6.07, 6.45) is 3.72. The molecule has 0 bridgehead atoms. The number of aromatic nitrogens is 2. The highest BCUT2D eigenvalue weighted by molar-refractivity contribution is 8.00. The molecule has 0 N–H and O–H groups in total. The van der Waals surface area contributed by atoms with Crippen LogP contribution in [0.1, 0.15) is 20.8 Å². The summed E-state index contributed by atoms with van der Waals surface area (Å²) in [6.45, 7) is 6.58. The molecule has 2 aromatic rings. The van der Waals surface area contributed by atoms with E-state index >= 15 is 0 Å². The van der Waals surface area contributed by atoms with Crippen LogP contribution in [0.15, 0.2) is 35.5 Å². The summed E-state index contributed by atoms with van der Waals surface area (Å²) in [4.78, 5) is 9.85. The van der Waals surface area contributed by atoms with Crippen LogP contribution in [0.5, 0.6) is 0 Å². The van der Waals surface area contributed by atoms with E-state index in [0.717, 1.165) is 11.0 Å². The summed E-state index contributed by atoms with van der Waals surface area (Å²) >= 11 is 1.81. The highest BCUT2D eigenvalue weighted by Crippen LogP contribution is 2.32. The lowest BCUT2D eigenvalue weighted by molar-refractivity contribution is 0.802. The van der Waals surface area contributed by atoms with Gasteiger partial charge in [0, 0.05) is 22.0 Å². The standard InChI is InChI=1S/C12H14N2S/c1-12(2,3)15-9-7-11-10(14-8-9)5-4-6-13-11/h4-8H,1-3H3. The molecule has 0 saturated carbocycles. The molecule has 0 fully saturated rings. The van der Waals surface area contributed by atoms with E-state index < -0.39 is 0 Å². The molecule has 15 heavy (non-hydrogen) atoms. The lowest BCUT2D eigenvalue weighted by atomic mass is 10.3. The number of pyridine rings is 2. The van der Waals surface area contributed by atoms with Gasteiger partial charge >= 0.3 is 0 Å². The highest BCUT2D eigenvalue weighted by atomic mass is 32.2. The van der Waals surface area contributed by atoms with Crippen molar-refractivity contribution in [2.24, 2.45) is 0 Å². The molecule has 0 spiro atoms. The fraction of sp³-hybridized carbons (Fsp3) is 0.333. The van der Waals surface area contributed by atoms with Gasteiger partial charge < -0.3 is 0 Å². The van der Waals surface area contributed by atoms with Gasteiger partial charge in [0.05, 0.1) is 11.0 Å². The summed E-state index contributed by atoms with van der Waals surface area (Å²) < 4.78 is 0.212. The molecule has 0 aromatic carbocycles. The van der Waals surface area contributed by atoms with Crippen LogP contribution in [-0.4, -0.2) is 14.7 Å². The van der Waals surface area contributed by atoms with Crippen molar-refractivity contribution in [3.05, 3.63) is 30.6 Å². The first-order valence-electron chi connectivity index (χ1n) is 4.94. The Morgan fingerprint density at radius 2 is 1.93 bits per heavy atom. The Balaban J connectivity index is 2.39. The van der Waals surface area contributed by atoms with Crippen LogP contribution in [0.25, 0.3) is 11.0 Å². The van der Waals surface area contributed by atoms with Gasteiger partial charge in [0.15, 0.2) is 0 Å². The zero-order valence-electron chi connectivity index (χ0n) is 9.19. The molecule has 0 atom stereocenters. The minimum Gasteiger partial charge on any atom is -0.255 e. The summed E-state index contributed by atoms with van der Waals surface area (Å²) in [5, 5.41) is 0. The molecule has 0 unspecified atom stereocenters. The second kappa shape index (κ2) is 3.81. The Labute approximate surface area is 94.1 Å². The van der Waals surface area contributed by atoms with Gasteiger partial charge in [-0.15, -0.1) is 11.8 Å². The van der Waals surface area contributed by atoms with Crippen LogP contribution in [0, 0.1) is 0 Å². The molecule has 0 amide bonds. The van der Waals surface area contributed by atoms with Crippen LogP contribution in [-0.2, 0) is 0 Å². The maximum absolute atomic E-state index is 4.38. The molecule has 2 heterocycles. The van der Waals surface area contributed by atoms with E-state index in [4.69, 9.17) is 0 Å². The van der Waals surface area contributed by atoms with Crippen molar-refractivity contribution in [3.63, 3.8) is 0 Å². The first-order valence-corrected chi connectivity index (χ1v) is 5.76. The molecule has 0 radical (unpaired) electrons. The second-order valence-corrected chi connectivity index (χ2v) is 6.33. The van der Waals surface area contributed by atoms with Gasteiger partial charge in [-0.05, 0) is 18.2 Å². The van der Waals surface area contributed by atoms with Gasteiger partial charge in [-0.25, -0.2) is 0 Å². The van der Waals surface area contributed by atoms with E-state index in [1.165, 1.54) is 4.90 Å². The Kier molecular flexibility index (Phi) is 2.65. The van der Waals surface area contributed by atoms with Crippen LogP contribution in [0.4, 0.5) is 0 Å². The van der Waals surface area contributed by atoms with Crippen LogP contribution in [0.3, 0.4) is 0 Å². The maximum Gasteiger partial charge on any atom is 0.0897 e. The average Bonchev–Trinajstić information content (AvgIpc) is 2.15. The molecule has 0 aliphatic heterocycles. The zero-order valence-corrected chi connectivity index (χ0v) is 10.0. The van der Waals surface area contributed by atoms with Crippen molar-refractivity contribution >= 4 is 22.8 Å². The Morgan fingerprint density at radius 3 is 2.67 bits per heavy atom. The van der Waals surface area contributed by atoms with Gasteiger partial charge in [0.1, 0.15) is 0 Å². The van der Waals surface area contributed by atoms with E-state index in [9.17, 15) is 0 Å². The van der Waals surface area contributed by atoms with E-state index in [1.54, 1.807) is 6.20 Å². The molecule has 0 aliphatic carbocycles. The monoisotopic (exact) mass is 218 g/mol. The Morgan fingerprint density at radius 1 is 1.13 bits per heavy atom. The fourth-order valence-corrected chi connectivity index (χ4v) is 2.33. The largest absolute Gasteiger partial charge is 0.255 e. The van der Waals surface area contributed by atoms with Crippen molar-refractivity contribution in [1.29, 1.82) is 0 Å². The van der Waals surface area contributed by atoms with Crippen molar-refractivity contribution in [1.82, 2.24) is 9.97 Å². The van der Waals surface area contributed by atoms with E-state index in [2.05, 4.69) is 36.8 Å². The number of hydrogen-bond acceptors (Lipinski definition) is 3. The third kappa shape index (κ3) is 2.69. The SMILES string of the molecule is CC(C)(C)Sc1cnc2cccnc2c1. The first kappa shape index (κ1) is 10.4. The lowest BCUT2D eigenvalue weighted by Gasteiger charge is -2.17. The van der Waals surface area contributed by atoms with Crippen molar-refractivity contribution in [2.45, 2.75) is 30.4 Å². The summed E-state index contributed by atoms with van der Waals surface area (Å²) in [7, 11) is 0. The van der Waals surface area contributed by atoms with Crippen molar-refractivity contribution in [3.8, 4) is 0 Å². The topological polar surface area (TPSA) is 25.8 Å². The van der Waals surface area contributed by atoms with E-state index in [0.29, 0.717) is 0 Å². The zero-order chi connectivity index (χ0) is 10.9. The third-order valence-corrected chi connectivity index (χ3v) is 2.92. The lowest BCUT2D eigenvalue weighted by Crippen LogP contribution is -2.06. The maximum atomic E-state index is 4.38. The number of hydrogen-bond donors (Lipinski definition) is 0. The second-order valence-electron chi connectivity index (χ2n) is 4.43. The Hall–Kier alpha value is -1.09. The minimum atomic E-state index is 0.212. The number of fused-ring (bicyclic) bond motifs is 1. The van der Waals surface area contributed by atoms with E-state index in [-0.39, 0.29) is 4.75 Å². The number of rotatable bonds is 1. The molecule has 3 heteroatoms. The molecular weight excluding hydrogens is 204 g/mol. The van der Waals surface area contributed by atoms with Crippen LogP contribution >= 0.6 is 11.8 Å². The van der Waals surface area contributed by atoms with Gasteiger partial charge in [-0.1, -0.05) is 20.8 Å². The third-order valence-electron chi connectivity index (χ3n) is 1.85. The van der Waals surface area contributed by atoms with E-state index in [1.807, 2.05) is 30.1 Å². The molecule has 0 aliphatic rings. The predicted molar refractivity (Wildman–Crippen MR) is 65.1 cm³/mol. The van der Waals surface area contributed by atoms with Gasteiger partial charge in [0.25, 0.3) is 0 Å². The molecule has 2 aromatic heterocycles. The van der Waals surface area contributed by atoms with Gasteiger partial charge in [-0.3, -0.25) is 9.97 Å². The number of thioether (sulfide) groups is 1. The quantitative estimate of drug-likeness (QED) is 0.685. The highest BCUT2D eigenvalue weighted by Gasteiger charge is 2.12. The fourth-order valence-electron chi connectivity index (χ4n) is 1.34. The smallest absolute Gasteiger partial charge is 0.0897 e. The van der Waals surface area contributed by atoms with Crippen LogP contribution in [0.2, 0.25) is 0 Å². The normalized spacial score (nSPS) is 11.9. The summed E-state index contributed by atoms with van der Waals surface area (Å²) in [5.41, 5.74) is 1.92. The number of nitrogens with zero attached hydrogens (tertiary/aromatic N) is 2. The van der Waals surface area contributed by atoms with Gasteiger partial charge in [0.2, 0.25) is 0 Å². The Bertz CT molecular complexity index is 474. The van der Waals surface area contributed by atoms with Gasteiger partial charge in [-0.2, -0.15) is 0 Å². The molecule has 2 rings (SSSR count).